The van der Waals surface area contributed by atoms with Crippen molar-refractivity contribution in [1.82, 2.24) is 0 Å². The lowest BCUT2D eigenvalue weighted by Gasteiger charge is -2.03. The molecule has 0 atom stereocenters. The van der Waals surface area contributed by atoms with Crippen LogP contribution < -0.4 is 0 Å². The number of Topliss-reactive ketones (excluding diaryl/α,β-unsaturated/α-hetero) is 1. The number of hydrogen-bond donors (Lipinski definition) is 0. The molecule has 0 aliphatic carbocycles. The Balaban J connectivity index is 0.00000112. The Hall–Kier alpha value is -1.34. The topological polar surface area (TPSA) is 17.1 Å². The smallest absolute Gasteiger partial charge is 0.163 e. The Morgan fingerprint density at radius 3 is 2.47 bits per heavy atom. The zero-order chi connectivity index (χ0) is 9.97. The minimum atomic E-state index is 0. The predicted octanol–water partition coefficient (Wildman–Crippen LogP) is 3.85. The summed E-state index contributed by atoms with van der Waals surface area (Å²) in [5, 5.41) is 2.19. The molecule has 0 aliphatic rings. The second-order valence-corrected chi connectivity index (χ2v) is 3.30. The van der Waals surface area contributed by atoms with Crippen LogP contribution in [0.4, 0.5) is 0 Å². The first-order valence-electron chi connectivity index (χ1n) is 4.84. The van der Waals surface area contributed by atoms with Gasteiger partial charge >= 0.3 is 0 Å². The second-order valence-electron chi connectivity index (χ2n) is 3.30. The van der Waals surface area contributed by atoms with Crippen LogP contribution in [0, 0.1) is 0 Å². The van der Waals surface area contributed by atoms with Crippen molar-refractivity contribution in [2.45, 2.75) is 13.3 Å². The van der Waals surface area contributed by atoms with E-state index in [0.29, 0.717) is 6.42 Å². The Morgan fingerprint density at radius 1 is 1.07 bits per heavy atom. The number of benzene rings is 2. The van der Waals surface area contributed by atoms with Gasteiger partial charge in [0.05, 0.1) is 0 Å². The lowest BCUT2D eigenvalue weighted by molar-refractivity contribution is 0.0990. The summed E-state index contributed by atoms with van der Waals surface area (Å²) in [4.78, 5) is 11.6. The molecule has 0 radical (unpaired) electrons. The van der Waals surface area contributed by atoms with E-state index >= 15 is 0 Å². The van der Waals surface area contributed by atoms with E-state index in [1.54, 1.807) is 0 Å². The maximum Gasteiger partial charge on any atom is 0.163 e. The van der Waals surface area contributed by atoms with Gasteiger partial charge in [-0.3, -0.25) is 4.79 Å². The highest BCUT2D eigenvalue weighted by Gasteiger charge is 2.06. The van der Waals surface area contributed by atoms with Crippen molar-refractivity contribution < 1.29 is 4.79 Å². The first-order chi connectivity index (χ1) is 6.83. The molecule has 0 bridgehead atoms. The van der Waals surface area contributed by atoms with Gasteiger partial charge in [0.15, 0.2) is 5.78 Å². The van der Waals surface area contributed by atoms with Gasteiger partial charge in [0.25, 0.3) is 0 Å². The Kier molecular flexibility index (Phi) is 3.87. The number of halogens is 1. The van der Waals surface area contributed by atoms with E-state index in [2.05, 4.69) is 0 Å². The molecule has 78 valence electrons. The molecule has 0 amide bonds. The van der Waals surface area contributed by atoms with Crippen LogP contribution in [0.5, 0.6) is 0 Å². The Morgan fingerprint density at radius 2 is 1.73 bits per heavy atom. The van der Waals surface area contributed by atoms with E-state index in [1.807, 2.05) is 49.4 Å². The Bertz CT molecular complexity index is 471. The minimum absolute atomic E-state index is 0. The maximum absolute atomic E-state index is 11.6. The highest BCUT2D eigenvalue weighted by atomic mass is 35.5. The van der Waals surface area contributed by atoms with Crippen LogP contribution in [-0.4, -0.2) is 5.78 Å². The van der Waals surface area contributed by atoms with Crippen LogP contribution >= 0.6 is 12.4 Å². The fourth-order valence-corrected chi connectivity index (χ4v) is 1.66. The standard InChI is InChI=1S/C13H12O.ClH/c1-2-13(14)12-9-5-7-10-6-3-4-8-11(10)12;/h3-9H,2H2,1H3;1H. The van der Waals surface area contributed by atoms with Gasteiger partial charge in [-0.15, -0.1) is 12.4 Å². The zero-order valence-electron chi connectivity index (χ0n) is 8.57. The molecule has 2 aromatic rings. The van der Waals surface area contributed by atoms with E-state index in [0.717, 1.165) is 16.3 Å². The van der Waals surface area contributed by atoms with Crippen LogP contribution in [0.1, 0.15) is 23.7 Å². The van der Waals surface area contributed by atoms with Gasteiger partial charge in [-0.25, -0.2) is 0 Å². The highest BCUT2D eigenvalue weighted by molar-refractivity contribution is 6.07. The quantitative estimate of drug-likeness (QED) is 0.703. The summed E-state index contributed by atoms with van der Waals surface area (Å²) >= 11 is 0. The second kappa shape index (κ2) is 4.94. The number of ketones is 1. The minimum Gasteiger partial charge on any atom is -0.294 e. The summed E-state index contributed by atoms with van der Waals surface area (Å²) in [5.74, 6) is 0.210. The van der Waals surface area contributed by atoms with Gasteiger partial charge in [-0.1, -0.05) is 49.4 Å². The molecule has 0 spiro atoms. The van der Waals surface area contributed by atoms with Crippen molar-refractivity contribution in [3.05, 3.63) is 48.0 Å². The molecule has 2 aromatic carbocycles. The van der Waals surface area contributed by atoms with Crippen LogP contribution in [0.3, 0.4) is 0 Å². The number of carbonyl (C=O) groups excluding carboxylic acids is 1. The normalized spacial score (nSPS) is 9.67. The zero-order valence-corrected chi connectivity index (χ0v) is 9.38. The van der Waals surface area contributed by atoms with Crippen LogP contribution in [0.15, 0.2) is 42.5 Å². The molecule has 0 aromatic heterocycles. The molecule has 0 saturated carbocycles. The molecular weight excluding hydrogens is 208 g/mol. The molecule has 1 nitrogen and oxygen atoms in total. The molecule has 0 heterocycles. The summed E-state index contributed by atoms with van der Waals surface area (Å²) in [6, 6.07) is 13.8. The molecule has 2 heteroatoms. The predicted molar refractivity (Wildman–Crippen MR) is 65.8 cm³/mol. The summed E-state index contributed by atoms with van der Waals surface area (Å²) in [6.07, 6.45) is 0.563. The number of carbonyl (C=O) groups is 1. The van der Waals surface area contributed by atoms with Crippen molar-refractivity contribution in [1.29, 1.82) is 0 Å². The van der Waals surface area contributed by atoms with E-state index in [-0.39, 0.29) is 18.2 Å². The summed E-state index contributed by atoms with van der Waals surface area (Å²) < 4.78 is 0. The summed E-state index contributed by atoms with van der Waals surface area (Å²) in [7, 11) is 0. The first kappa shape index (κ1) is 11.7. The summed E-state index contributed by atoms with van der Waals surface area (Å²) in [5.41, 5.74) is 0.839. The molecule has 0 aliphatic heterocycles. The molecule has 0 saturated heterocycles. The van der Waals surface area contributed by atoms with Crippen LogP contribution in [-0.2, 0) is 0 Å². The monoisotopic (exact) mass is 220 g/mol. The lowest BCUT2D eigenvalue weighted by atomic mass is 10.0. The van der Waals surface area contributed by atoms with Gasteiger partial charge in [0, 0.05) is 12.0 Å². The lowest BCUT2D eigenvalue weighted by Crippen LogP contribution is -1.96. The van der Waals surface area contributed by atoms with E-state index < -0.39 is 0 Å². The third-order valence-corrected chi connectivity index (χ3v) is 2.41. The van der Waals surface area contributed by atoms with Crippen LogP contribution in [0.25, 0.3) is 10.8 Å². The fourth-order valence-electron chi connectivity index (χ4n) is 1.66. The first-order valence-corrected chi connectivity index (χ1v) is 4.84. The van der Waals surface area contributed by atoms with E-state index in [9.17, 15) is 4.79 Å². The molecule has 0 unspecified atom stereocenters. The van der Waals surface area contributed by atoms with Crippen molar-refractivity contribution in [3.63, 3.8) is 0 Å². The Labute approximate surface area is 95.5 Å². The highest BCUT2D eigenvalue weighted by Crippen LogP contribution is 2.19. The van der Waals surface area contributed by atoms with Crippen molar-refractivity contribution in [2.75, 3.05) is 0 Å². The molecule has 0 N–H and O–H groups in total. The largest absolute Gasteiger partial charge is 0.294 e. The average Bonchev–Trinajstić information content (AvgIpc) is 2.27. The fraction of sp³-hybridized carbons (Fsp3) is 0.154. The number of rotatable bonds is 2. The molecule has 2 rings (SSSR count). The van der Waals surface area contributed by atoms with Crippen molar-refractivity contribution in [3.8, 4) is 0 Å². The average molecular weight is 221 g/mol. The SMILES string of the molecule is CCC(=O)c1cccc2ccccc12.Cl. The summed E-state index contributed by atoms with van der Waals surface area (Å²) in [6.45, 7) is 1.89. The van der Waals surface area contributed by atoms with Gasteiger partial charge in [0.2, 0.25) is 0 Å². The third-order valence-electron chi connectivity index (χ3n) is 2.41. The van der Waals surface area contributed by atoms with Gasteiger partial charge in [0.1, 0.15) is 0 Å². The molecular formula is C13H13ClO. The van der Waals surface area contributed by atoms with Crippen molar-refractivity contribution in [2.24, 2.45) is 0 Å². The van der Waals surface area contributed by atoms with E-state index in [4.69, 9.17) is 0 Å². The van der Waals surface area contributed by atoms with Gasteiger partial charge in [-0.05, 0) is 10.8 Å². The maximum atomic E-state index is 11.6. The molecule has 15 heavy (non-hydrogen) atoms. The van der Waals surface area contributed by atoms with Gasteiger partial charge in [-0.2, -0.15) is 0 Å². The van der Waals surface area contributed by atoms with Crippen molar-refractivity contribution >= 4 is 29.0 Å². The van der Waals surface area contributed by atoms with Gasteiger partial charge < -0.3 is 0 Å². The number of hydrogen-bond acceptors (Lipinski definition) is 1. The van der Waals surface area contributed by atoms with E-state index in [1.165, 1.54) is 0 Å². The third kappa shape index (κ3) is 2.18. The molecule has 0 fully saturated rings. The number of fused-ring (bicyclic) bond motifs is 1. The van der Waals surface area contributed by atoms with Crippen LogP contribution in [0.2, 0.25) is 0 Å².